The number of rotatable bonds is 3. The van der Waals surface area contributed by atoms with Gasteiger partial charge in [-0.05, 0) is 31.9 Å². The fourth-order valence-corrected chi connectivity index (χ4v) is 2.90. The molecule has 1 amide bonds. The molecule has 1 aliphatic rings. The minimum absolute atomic E-state index is 0.0897. The number of aryl methyl sites for hydroxylation is 1. The minimum atomic E-state index is -0.494. The number of para-hydroxylation sites is 1. The SMILES string of the molecule is Cc1cc(=O)c(C(=O)NC2CCCC2)nn1-c1ccccc1F. The van der Waals surface area contributed by atoms with Crippen LogP contribution in [-0.2, 0) is 0 Å². The molecule has 0 spiro atoms. The minimum Gasteiger partial charge on any atom is -0.348 e. The van der Waals surface area contributed by atoms with E-state index in [2.05, 4.69) is 10.4 Å². The second kappa shape index (κ2) is 6.32. The van der Waals surface area contributed by atoms with Crippen molar-refractivity contribution in [1.29, 1.82) is 0 Å². The average Bonchev–Trinajstić information content (AvgIpc) is 3.01. The third-order valence-electron chi connectivity index (χ3n) is 4.09. The first-order valence-electron chi connectivity index (χ1n) is 7.73. The Hall–Kier alpha value is -2.50. The highest BCUT2D eigenvalue weighted by molar-refractivity contribution is 5.92. The Bertz CT molecular complexity index is 795. The van der Waals surface area contributed by atoms with Crippen molar-refractivity contribution in [3.63, 3.8) is 0 Å². The van der Waals surface area contributed by atoms with E-state index in [0.29, 0.717) is 5.69 Å². The molecule has 1 aromatic heterocycles. The molecular formula is C17H18FN3O2. The van der Waals surface area contributed by atoms with Crippen LogP contribution >= 0.6 is 0 Å². The Balaban J connectivity index is 1.98. The van der Waals surface area contributed by atoms with Crippen molar-refractivity contribution in [3.05, 3.63) is 57.8 Å². The number of halogens is 1. The number of carbonyl (C=O) groups excluding carboxylic acids is 1. The first-order valence-corrected chi connectivity index (χ1v) is 7.73. The molecule has 1 saturated carbocycles. The quantitative estimate of drug-likeness (QED) is 0.945. The third-order valence-corrected chi connectivity index (χ3v) is 4.09. The normalized spacial score (nSPS) is 14.9. The smallest absolute Gasteiger partial charge is 0.276 e. The van der Waals surface area contributed by atoms with Crippen LogP contribution in [0.4, 0.5) is 4.39 Å². The van der Waals surface area contributed by atoms with Crippen molar-refractivity contribution in [3.8, 4) is 5.69 Å². The van der Waals surface area contributed by atoms with E-state index in [1.165, 1.54) is 16.8 Å². The van der Waals surface area contributed by atoms with Gasteiger partial charge < -0.3 is 5.32 Å². The molecule has 1 aromatic carbocycles. The van der Waals surface area contributed by atoms with Gasteiger partial charge in [0.25, 0.3) is 5.91 Å². The van der Waals surface area contributed by atoms with Gasteiger partial charge in [0.1, 0.15) is 11.5 Å². The molecule has 1 N–H and O–H groups in total. The Labute approximate surface area is 133 Å². The first-order chi connectivity index (χ1) is 11.1. The zero-order valence-corrected chi connectivity index (χ0v) is 12.9. The number of amides is 1. The Kier molecular flexibility index (Phi) is 4.23. The van der Waals surface area contributed by atoms with E-state index in [9.17, 15) is 14.0 Å². The van der Waals surface area contributed by atoms with Crippen LogP contribution in [0.5, 0.6) is 0 Å². The largest absolute Gasteiger partial charge is 0.348 e. The van der Waals surface area contributed by atoms with Gasteiger partial charge in [0.15, 0.2) is 5.69 Å². The van der Waals surface area contributed by atoms with Crippen LogP contribution in [-0.4, -0.2) is 21.7 Å². The van der Waals surface area contributed by atoms with Crippen molar-refractivity contribution in [2.45, 2.75) is 38.6 Å². The monoisotopic (exact) mass is 315 g/mol. The topological polar surface area (TPSA) is 64.0 Å². The van der Waals surface area contributed by atoms with Crippen LogP contribution in [0, 0.1) is 12.7 Å². The van der Waals surface area contributed by atoms with E-state index < -0.39 is 17.2 Å². The molecule has 0 atom stereocenters. The van der Waals surface area contributed by atoms with Crippen LogP contribution < -0.4 is 10.7 Å². The Morgan fingerprint density at radius 1 is 1.30 bits per heavy atom. The molecule has 1 heterocycles. The van der Waals surface area contributed by atoms with Crippen molar-refractivity contribution < 1.29 is 9.18 Å². The molecule has 2 aromatic rings. The number of benzene rings is 1. The predicted molar refractivity (Wildman–Crippen MR) is 84.3 cm³/mol. The number of nitrogens with zero attached hydrogens (tertiary/aromatic N) is 2. The summed E-state index contributed by atoms with van der Waals surface area (Å²) in [4.78, 5) is 24.4. The van der Waals surface area contributed by atoms with E-state index in [1.54, 1.807) is 25.1 Å². The number of nitrogens with one attached hydrogen (secondary N) is 1. The van der Waals surface area contributed by atoms with E-state index in [0.717, 1.165) is 25.7 Å². The van der Waals surface area contributed by atoms with Gasteiger partial charge in [0, 0.05) is 17.8 Å². The molecule has 0 bridgehead atoms. The standard InChI is InChI=1S/C17H18FN3O2/c1-11-10-15(22)16(17(23)19-12-6-2-3-7-12)20-21(11)14-9-5-4-8-13(14)18/h4-5,8-10,12H,2-3,6-7H2,1H3,(H,19,23). The van der Waals surface area contributed by atoms with Crippen LogP contribution in [0.25, 0.3) is 5.69 Å². The second-order valence-electron chi connectivity index (χ2n) is 5.82. The molecule has 5 nitrogen and oxygen atoms in total. The molecule has 120 valence electrons. The van der Waals surface area contributed by atoms with E-state index >= 15 is 0 Å². The molecule has 23 heavy (non-hydrogen) atoms. The van der Waals surface area contributed by atoms with Crippen molar-refractivity contribution in [2.75, 3.05) is 0 Å². The maximum atomic E-state index is 14.0. The summed E-state index contributed by atoms with van der Waals surface area (Å²) in [6.45, 7) is 1.65. The number of aromatic nitrogens is 2. The summed E-state index contributed by atoms with van der Waals surface area (Å²) in [5.74, 6) is -0.958. The molecule has 6 heteroatoms. The Morgan fingerprint density at radius 2 is 2.00 bits per heavy atom. The molecule has 0 aliphatic heterocycles. The van der Waals surface area contributed by atoms with Gasteiger partial charge in [0.05, 0.1) is 0 Å². The second-order valence-corrected chi connectivity index (χ2v) is 5.82. The van der Waals surface area contributed by atoms with Gasteiger partial charge in [-0.15, -0.1) is 0 Å². The van der Waals surface area contributed by atoms with Gasteiger partial charge in [-0.3, -0.25) is 9.59 Å². The summed E-state index contributed by atoms with van der Waals surface area (Å²) >= 11 is 0. The van der Waals surface area contributed by atoms with E-state index in [1.807, 2.05) is 0 Å². The molecule has 1 fully saturated rings. The fraction of sp³-hybridized carbons (Fsp3) is 0.353. The summed E-state index contributed by atoms with van der Waals surface area (Å²) < 4.78 is 15.3. The summed E-state index contributed by atoms with van der Waals surface area (Å²) in [7, 11) is 0. The van der Waals surface area contributed by atoms with E-state index in [4.69, 9.17) is 0 Å². The third kappa shape index (κ3) is 3.16. The van der Waals surface area contributed by atoms with Crippen LogP contribution in [0.2, 0.25) is 0 Å². The number of carbonyl (C=O) groups is 1. The Morgan fingerprint density at radius 3 is 2.70 bits per heavy atom. The van der Waals surface area contributed by atoms with Crippen LogP contribution in [0.15, 0.2) is 35.1 Å². The van der Waals surface area contributed by atoms with Crippen molar-refractivity contribution >= 4 is 5.91 Å². The molecule has 0 saturated heterocycles. The molecule has 0 radical (unpaired) electrons. The van der Waals surface area contributed by atoms with Gasteiger partial charge in [-0.25, -0.2) is 9.07 Å². The highest BCUT2D eigenvalue weighted by Gasteiger charge is 2.21. The molecular weight excluding hydrogens is 297 g/mol. The lowest BCUT2D eigenvalue weighted by Crippen LogP contribution is -2.37. The highest BCUT2D eigenvalue weighted by Crippen LogP contribution is 2.18. The molecule has 3 rings (SSSR count). The first kappa shape index (κ1) is 15.4. The van der Waals surface area contributed by atoms with Crippen LogP contribution in [0.3, 0.4) is 0 Å². The lowest BCUT2D eigenvalue weighted by molar-refractivity contribution is 0.0929. The maximum absolute atomic E-state index is 14.0. The highest BCUT2D eigenvalue weighted by atomic mass is 19.1. The van der Waals surface area contributed by atoms with Gasteiger partial charge in [-0.1, -0.05) is 25.0 Å². The van der Waals surface area contributed by atoms with Gasteiger partial charge in [-0.2, -0.15) is 5.10 Å². The van der Waals surface area contributed by atoms with Crippen molar-refractivity contribution in [1.82, 2.24) is 15.1 Å². The summed E-state index contributed by atoms with van der Waals surface area (Å²) in [5, 5.41) is 6.94. The van der Waals surface area contributed by atoms with Gasteiger partial charge in [0.2, 0.25) is 5.43 Å². The molecule has 1 aliphatic carbocycles. The summed E-state index contributed by atoms with van der Waals surface area (Å²) in [6.07, 6.45) is 3.98. The predicted octanol–water partition coefficient (Wildman–Crippen LogP) is 2.35. The lowest BCUT2D eigenvalue weighted by atomic mass is 10.2. The summed E-state index contributed by atoms with van der Waals surface area (Å²) in [6, 6.07) is 7.51. The molecule has 0 unspecified atom stereocenters. The van der Waals surface area contributed by atoms with E-state index in [-0.39, 0.29) is 17.4 Å². The number of hydrogen-bond acceptors (Lipinski definition) is 3. The number of hydrogen-bond donors (Lipinski definition) is 1. The summed E-state index contributed by atoms with van der Waals surface area (Å²) in [5.41, 5.74) is 0.0220. The lowest BCUT2D eigenvalue weighted by Gasteiger charge is -2.14. The zero-order valence-electron chi connectivity index (χ0n) is 12.9. The fourth-order valence-electron chi connectivity index (χ4n) is 2.90. The van der Waals surface area contributed by atoms with Crippen molar-refractivity contribution in [2.24, 2.45) is 0 Å². The van der Waals surface area contributed by atoms with Gasteiger partial charge >= 0.3 is 0 Å². The maximum Gasteiger partial charge on any atom is 0.276 e. The zero-order chi connectivity index (χ0) is 16.4. The average molecular weight is 315 g/mol. The van der Waals surface area contributed by atoms with Crippen LogP contribution in [0.1, 0.15) is 41.9 Å².